The van der Waals surface area contributed by atoms with Crippen molar-refractivity contribution in [1.29, 1.82) is 0 Å². The SMILES string of the molecule is CC.CC.c1cn2cc(-c3cnn(C4CNC4)c3)nc(N3CCC3)c2n1. The van der Waals surface area contributed by atoms with Gasteiger partial charge in [0.1, 0.15) is 0 Å². The van der Waals surface area contributed by atoms with Crippen LogP contribution in [-0.4, -0.2) is 50.3 Å². The molecule has 0 aromatic carbocycles. The minimum atomic E-state index is 0.473. The van der Waals surface area contributed by atoms with E-state index in [0.29, 0.717) is 6.04 Å². The molecule has 0 bridgehead atoms. The molecule has 2 aliphatic rings. The van der Waals surface area contributed by atoms with Crippen molar-refractivity contribution in [2.24, 2.45) is 0 Å². The van der Waals surface area contributed by atoms with Gasteiger partial charge in [0.15, 0.2) is 11.5 Å². The van der Waals surface area contributed by atoms with Gasteiger partial charge in [-0.1, -0.05) is 27.7 Å². The Morgan fingerprint density at radius 2 is 1.85 bits per heavy atom. The van der Waals surface area contributed by atoms with Crippen LogP contribution in [0, 0.1) is 0 Å². The molecule has 2 aliphatic heterocycles. The van der Waals surface area contributed by atoms with Crippen molar-refractivity contribution >= 4 is 11.5 Å². The van der Waals surface area contributed by atoms with Crippen LogP contribution in [0.3, 0.4) is 0 Å². The molecule has 2 fully saturated rings. The van der Waals surface area contributed by atoms with Gasteiger partial charge in [-0.25, -0.2) is 9.97 Å². The van der Waals surface area contributed by atoms with Crippen molar-refractivity contribution < 1.29 is 0 Å². The van der Waals surface area contributed by atoms with Crippen LogP contribution in [-0.2, 0) is 0 Å². The van der Waals surface area contributed by atoms with Crippen molar-refractivity contribution in [2.45, 2.75) is 40.2 Å². The lowest BCUT2D eigenvalue weighted by molar-refractivity contribution is 0.318. The van der Waals surface area contributed by atoms with Gasteiger partial charge in [0.2, 0.25) is 0 Å². The third-order valence-electron chi connectivity index (χ3n) is 4.54. The Bertz CT molecular complexity index is 827. The van der Waals surface area contributed by atoms with Gasteiger partial charge in [0, 0.05) is 56.5 Å². The number of fused-ring (bicyclic) bond motifs is 1. The fourth-order valence-corrected chi connectivity index (χ4v) is 2.92. The number of hydrogen-bond acceptors (Lipinski definition) is 5. The number of hydrogen-bond donors (Lipinski definition) is 1. The maximum Gasteiger partial charge on any atom is 0.180 e. The lowest BCUT2D eigenvalue weighted by Gasteiger charge is -2.32. The predicted molar refractivity (Wildman–Crippen MR) is 106 cm³/mol. The van der Waals surface area contributed by atoms with E-state index < -0.39 is 0 Å². The molecule has 3 aromatic heterocycles. The number of aromatic nitrogens is 5. The van der Waals surface area contributed by atoms with Crippen molar-refractivity contribution in [2.75, 3.05) is 31.1 Å². The number of nitrogens with one attached hydrogen (secondary N) is 1. The highest BCUT2D eigenvalue weighted by Gasteiger charge is 2.22. The van der Waals surface area contributed by atoms with E-state index in [1.807, 2.05) is 57.2 Å². The van der Waals surface area contributed by atoms with Crippen LogP contribution in [0.1, 0.15) is 40.2 Å². The Morgan fingerprint density at radius 1 is 1.08 bits per heavy atom. The monoisotopic (exact) mass is 355 g/mol. The third kappa shape index (κ3) is 3.31. The summed E-state index contributed by atoms with van der Waals surface area (Å²) in [6.07, 6.45) is 11.1. The van der Waals surface area contributed by atoms with E-state index in [2.05, 4.69) is 30.9 Å². The molecule has 26 heavy (non-hydrogen) atoms. The molecule has 3 aromatic rings. The van der Waals surface area contributed by atoms with Gasteiger partial charge in [-0.15, -0.1) is 0 Å². The molecule has 0 aliphatic carbocycles. The number of nitrogens with zero attached hydrogens (tertiary/aromatic N) is 6. The zero-order chi connectivity index (χ0) is 18.5. The molecule has 140 valence electrons. The van der Waals surface area contributed by atoms with Gasteiger partial charge in [-0.05, 0) is 6.42 Å². The Kier molecular flexibility index (Phi) is 5.88. The normalized spacial score (nSPS) is 16.1. The molecule has 7 heteroatoms. The van der Waals surface area contributed by atoms with Crippen molar-refractivity contribution in [3.05, 3.63) is 31.0 Å². The molecular formula is C19H29N7. The number of rotatable bonds is 3. The van der Waals surface area contributed by atoms with Gasteiger partial charge < -0.3 is 14.6 Å². The first-order chi connectivity index (χ1) is 12.9. The molecule has 0 spiro atoms. The zero-order valence-electron chi connectivity index (χ0n) is 16.2. The third-order valence-corrected chi connectivity index (χ3v) is 4.54. The molecule has 7 nitrogen and oxygen atoms in total. The Labute approximate surface area is 155 Å². The van der Waals surface area contributed by atoms with Crippen LogP contribution in [0.15, 0.2) is 31.0 Å². The van der Waals surface area contributed by atoms with Gasteiger partial charge >= 0.3 is 0 Å². The van der Waals surface area contributed by atoms with E-state index in [0.717, 1.165) is 48.9 Å². The largest absolute Gasteiger partial charge is 0.353 e. The topological polar surface area (TPSA) is 63.3 Å². The highest BCUT2D eigenvalue weighted by Crippen LogP contribution is 2.27. The summed E-state index contributed by atoms with van der Waals surface area (Å²) in [7, 11) is 0. The highest BCUT2D eigenvalue weighted by atomic mass is 15.3. The average molecular weight is 355 g/mol. The summed E-state index contributed by atoms with van der Waals surface area (Å²) in [5.74, 6) is 0.979. The number of imidazole rings is 1. The first-order valence-electron chi connectivity index (χ1n) is 9.72. The molecule has 5 rings (SSSR count). The molecule has 2 saturated heterocycles. The molecule has 1 N–H and O–H groups in total. The highest BCUT2D eigenvalue weighted by molar-refractivity contribution is 5.70. The van der Waals surface area contributed by atoms with Gasteiger partial charge in [-0.3, -0.25) is 4.68 Å². The van der Waals surface area contributed by atoms with Gasteiger partial charge in [0.05, 0.1) is 17.9 Å². The molecule has 5 heterocycles. The summed E-state index contributed by atoms with van der Waals surface area (Å²) in [5, 5.41) is 7.76. The van der Waals surface area contributed by atoms with Gasteiger partial charge in [-0.2, -0.15) is 5.10 Å². The van der Waals surface area contributed by atoms with Crippen LogP contribution in [0.5, 0.6) is 0 Å². The van der Waals surface area contributed by atoms with E-state index in [9.17, 15) is 0 Å². The summed E-state index contributed by atoms with van der Waals surface area (Å²) in [6, 6.07) is 0.473. The molecule has 0 unspecified atom stereocenters. The second kappa shape index (κ2) is 8.31. The fraction of sp³-hybridized carbons (Fsp3) is 0.526. The Balaban J connectivity index is 0.000000461. The summed E-state index contributed by atoms with van der Waals surface area (Å²) in [6.45, 7) is 12.1. The lowest BCUT2D eigenvalue weighted by Crippen LogP contribution is -2.43. The molecule has 0 atom stereocenters. The second-order valence-corrected chi connectivity index (χ2v) is 5.97. The Morgan fingerprint density at radius 3 is 2.46 bits per heavy atom. The summed E-state index contributed by atoms with van der Waals surface area (Å²) in [5.41, 5.74) is 2.94. The lowest BCUT2D eigenvalue weighted by atomic mass is 10.2. The quantitative estimate of drug-likeness (QED) is 0.782. The Hall–Kier alpha value is -2.41. The van der Waals surface area contributed by atoms with Crippen LogP contribution in [0.2, 0.25) is 0 Å². The molecule has 0 saturated carbocycles. The predicted octanol–water partition coefficient (Wildman–Crippen LogP) is 3.00. The standard InChI is InChI=1S/C15H17N7.2C2H6/c1-3-20(4-1)15-14-17-2-5-21(14)10-13(19-15)11-6-18-22(9-11)12-7-16-8-12;2*1-2/h2,5-6,9-10,12,16H,1,3-4,7-8H2;2*1-2H3. The van der Waals surface area contributed by atoms with E-state index in [-0.39, 0.29) is 0 Å². The van der Waals surface area contributed by atoms with E-state index in [4.69, 9.17) is 4.98 Å². The molecule has 0 radical (unpaired) electrons. The van der Waals surface area contributed by atoms with Crippen LogP contribution < -0.4 is 10.2 Å². The maximum absolute atomic E-state index is 4.86. The summed E-state index contributed by atoms with van der Waals surface area (Å²) in [4.78, 5) is 11.6. The summed E-state index contributed by atoms with van der Waals surface area (Å²) < 4.78 is 4.09. The van der Waals surface area contributed by atoms with Crippen LogP contribution >= 0.6 is 0 Å². The molecule has 0 amide bonds. The van der Waals surface area contributed by atoms with Crippen molar-refractivity contribution in [3.8, 4) is 11.3 Å². The van der Waals surface area contributed by atoms with Crippen LogP contribution in [0.4, 0.5) is 5.82 Å². The van der Waals surface area contributed by atoms with E-state index in [1.165, 1.54) is 6.42 Å². The van der Waals surface area contributed by atoms with E-state index in [1.54, 1.807) is 0 Å². The number of anilines is 1. The second-order valence-electron chi connectivity index (χ2n) is 5.97. The smallest absolute Gasteiger partial charge is 0.180 e. The molecular weight excluding hydrogens is 326 g/mol. The first-order valence-corrected chi connectivity index (χ1v) is 9.72. The maximum atomic E-state index is 4.86. The summed E-state index contributed by atoms with van der Waals surface area (Å²) >= 11 is 0. The zero-order valence-corrected chi connectivity index (χ0v) is 16.2. The first kappa shape index (κ1) is 18.4. The minimum absolute atomic E-state index is 0.473. The van der Waals surface area contributed by atoms with Crippen LogP contribution in [0.25, 0.3) is 16.9 Å². The van der Waals surface area contributed by atoms with Crippen molar-refractivity contribution in [3.63, 3.8) is 0 Å². The van der Waals surface area contributed by atoms with E-state index >= 15 is 0 Å². The van der Waals surface area contributed by atoms with Crippen molar-refractivity contribution in [1.82, 2.24) is 29.5 Å². The van der Waals surface area contributed by atoms with Gasteiger partial charge in [0.25, 0.3) is 0 Å². The average Bonchev–Trinajstić information content (AvgIpc) is 3.25. The fourth-order valence-electron chi connectivity index (χ4n) is 2.92. The minimum Gasteiger partial charge on any atom is -0.353 e.